The van der Waals surface area contributed by atoms with Gasteiger partial charge in [0.15, 0.2) is 11.5 Å². The van der Waals surface area contributed by atoms with Crippen LogP contribution in [0.15, 0.2) is 18.2 Å². The Hall–Kier alpha value is -1.07. The van der Waals surface area contributed by atoms with Crippen LogP contribution in [0, 0.1) is 0 Å². The van der Waals surface area contributed by atoms with Gasteiger partial charge in [-0.3, -0.25) is 4.21 Å². The second-order valence-corrected chi connectivity index (χ2v) is 5.51. The summed E-state index contributed by atoms with van der Waals surface area (Å²) in [5, 5.41) is 3.31. The van der Waals surface area contributed by atoms with E-state index in [-0.39, 0.29) is 0 Å². The highest BCUT2D eigenvalue weighted by Crippen LogP contribution is 2.30. The lowest BCUT2D eigenvalue weighted by molar-refractivity contribution is 0.350. The van der Waals surface area contributed by atoms with Crippen LogP contribution in [-0.2, 0) is 17.3 Å². The van der Waals surface area contributed by atoms with Gasteiger partial charge in [-0.15, -0.1) is 0 Å². The SMILES string of the molecule is COc1cccc(CNCCCS(C)=O)c1OC. The van der Waals surface area contributed by atoms with Crippen LogP contribution in [-0.4, -0.2) is 37.0 Å². The molecule has 4 nitrogen and oxygen atoms in total. The number of hydrogen-bond donors (Lipinski definition) is 1. The predicted molar refractivity (Wildman–Crippen MR) is 74.8 cm³/mol. The molecule has 0 bridgehead atoms. The number of benzene rings is 1. The highest BCUT2D eigenvalue weighted by molar-refractivity contribution is 7.84. The van der Waals surface area contributed by atoms with Crippen molar-refractivity contribution >= 4 is 10.8 Å². The lowest BCUT2D eigenvalue weighted by Crippen LogP contribution is -2.17. The molecule has 1 N–H and O–H groups in total. The Bertz CT molecular complexity index is 396. The van der Waals surface area contributed by atoms with Crippen molar-refractivity contribution in [2.45, 2.75) is 13.0 Å². The van der Waals surface area contributed by atoms with E-state index in [1.807, 2.05) is 18.2 Å². The maximum atomic E-state index is 10.9. The normalized spacial score (nSPS) is 12.2. The van der Waals surface area contributed by atoms with Gasteiger partial charge in [0.05, 0.1) is 14.2 Å². The number of ether oxygens (including phenoxy) is 2. The molecule has 0 fully saturated rings. The molecule has 0 aliphatic rings. The molecule has 0 aliphatic carbocycles. The third-order valence-corrected chi connectivity index (χ3v) is 3.45. The maximum Gasteiger partial charge on any atom is 0.165 e. The number of rotatable bonds is 8. The molecule has 0 radical (unpaired) electrons. The van der Waals surface area contributed by atoms with Gasteiger partial charge in [0.2, 0.25) is 0 Å². The molecule has 0 aromatic heterocycles. The van der Waals surface area contributed by atoms with Gasteiger partial charge in [0, 0.05) is 34.9 Å². The number of methoxy groups -OCH3 is 2. The van der Waals surface area contributed by atoms with Gasteiger partial charge in [-0.2, -0.15) is 0 Å². The van der Waals surface area contributed by atoms with Crippen LogP contribution in [0.1, 0.15) is 12.0 Å². The zero-order valence-electron chi connectivity index (χ0n) is 11.2. The third kappa shape index (κ3) is 4.66. The Labute approximate surface area is 111 Å². The second-order valence-electron chi connectivity index (χ2n) is 3.96. The summed E-state index contributed by atoms with van der Waals surface area (Å²) in [6.07, 6.45) is 2.64. The maximum absolute atomic E-state index is 10.9. The van der Waals surface area contributed by atoms with E-state index in [2.05, 4.69) is 5.32 Å². The lowest BCUT2D eigenvalue weighted by Gasteiger charge is -2.13. The zero-order valence-corrected chi connectivity index (χ0v) is 12.0. The molecule has 0 amide bonds. The second kappa shape index (κ2) is 8.11. The fraction of sp³-hybridized carbons (Fsp3) is 0.538. The molecule has 18 heavy (non-hydrogen) atoms. The molecule has 0 spiro atoms. The lowest BCUT2D eigenvalue weighted by atomic mass is 10.2. The van der Waals surface area contributed by atoms with Crippen molar-refractivity contribution in [2.75, 3.05) is 32.8 Å². The minimum atomic E-state index is -0.709. The Morgan fingerprint density at radius 1 is 1.28 bits per heavy atom. The van der Waals surface area contributed by atoms with Crippen molar-refractivity contribution in [2.24, 2.45) is 0 Å². The first-order chi connectivity index (χ1) is 8.69. The summed E-state index contributed by atoms with van der Waals surface area (Å²) in [5.41, 5.74) is 1.06. The molecule has 1 aromatic carbocycles. The van der Waals surface area contributed by atoms with Crippen molar-refractivity contribution in [3.63, 3.8) is 0 Å². The average Bonchev–Trinajstić information content (AvgIpc) is 2.37. The van der Waals surface area contributed by atoms with Crippen molar-refractivity contribution in [3.05, 3.63) is 23.8 Å². The minimum absolute atomic E-state index is 0.709. The first kappa shape index (κ1) is 15.0. The first-order valence-electron chi connectivity index (χ1n) is 5.89. The highest BCUT2D eigenvalue weighted by atomic mass is 32.2. The summed E-state index contributed by atoms with van der Waals surface area (Å²) in [4.78, 5) is 0. The van der Waals surface area contributed by atoms with Crippen molar-refractivity contribution in [1.82, 2.24) is 5.32 Å². The van der Waals surface area contributed by atoms with Crippen LogP contribution in [0.2, 0.25) is 0 Å². The fourth-order valence-corrected chi connectivity index (χ4v) is 2.27. The molecular weight excluding hydrogens is 250 g/mol. The Kier molecular flexibility index (Phi) is 6.75. The van der Waals surface area contributed by atoms with Crippen LogP contribution in [0.4, 0.5) is 0 Å². The smallest absolute Gasteiger partial charge is 0.165 e. The molecule has 0 aliphatic heterocycles. The Balaban J connectivity index is 2.49. The van der Waals surface area contributed by atoms with Gasteiger partial charge in [-0.1, -0.05) is 12.1 Å². The van der Waals surface area contributed by atoms with E-state index in [1.165, 1.54) is 0 Å². The molecule has 1 rings (SSSR count). The van der Waals surface area contributed by atoms with Gasteiger partial charge >= 0.3 is 0 Å². The van der Waals surface area contributed by atoms with Crippen LogP contribution in [0.5, 0.6) is 11.5 Å². The largest absolute Gasteiger partial charge is 0.493 e. The van der Waals surface area contributed by atoms with E-state index in [1.54, 1.807) is 20.5 Å². The van der Waals surface area contributed by atoms with E-state index in [0.29, 0.717) is 0 Å². The van der Waals surface area contributed by atoms with Gasteiger partial charge in [-0.05, 0) is 19.0 Å². The van der Waals surface area contributed by atoms with E-state index < -0.39 is 10.8 Å². The molecule has 0 saturated carbocycles. The quantitative estimate of drug-likeness (QED) is 0.729. The van der Waals surface area contributed by atoms with Crippen LogP contribution in [0.25, 0.3) is 0 Å². The van der Waals surface area contributed by atoms with E-state index in [0.717, 1.165) is 42.3 Å². The summed E-state index contributed by atoms with van der Waals surface area (Å²) in [7, 11) is 2.56. The van der Waals surface area contributed by atoms with Crippen LogP contribution in [0.3, 0.4) is 0 Å². The molecule has 1 atom stereocenters. The number of para-hydroxylation sites is 1. The molecule has 1 unspecified atom stereocenters. The topological polar surface area (TPSA) is 47.6 Å². The molecule has 102 valence electrons. The summed E-state index contributed by atoms with van der Waals surface area (Å²) in [5.74, 6) is 2.25. The van der Waals surface area contributed by atoms with Crippen LogP contribution < -0.4 is 14.8 Å². The summed E-state index contributed by atoms with van der Waals surface area (Å²) in [6, 6.07) is 5.83. The third-order valence-electron chi connectivity index (χ3n) is 2.59. The average molecular weight is 271 g/mol. The molecule has 5 heteroatoms. The molecular formula is C13H21NO3S. The monoisotopic (exact) mass is 271 g/mol. The van der Waals surface area contributed by atoms with Crippen molar-refractivity contribution in [1.29, 1.82) is 0 Å². The first-order valence-corrected chi connectivity index (χ1v) is 7.62. The standard InChI is InChI=1S/C13H21NO3S/c1-16-12-7-4-6-11(13(12)17-2)10-14-8-5-9-18(3)15/h4,6-7,14H,5,8-10H2,1-3H3. The highest BCUT2D eigenvalue weighted by Gasteiger charge is 2.08. The number of hydrogen-bond acceptors (Lipinski definition) is 4. The molecule has 0 heterocycles. The van der Waals surface area contributed by atoms with E-state index >= 15 is 0 Å². The zero-order chi connectivity index (χ0) is 13.4. The van der Waals surface area contributed by atoms with Gasteiger partial charge in [0.1, 0.15) is 0 Å². The number of nitrogens with one attached hydrogen (secondary N) is 1. The minimum Gasteiger partial charge on any atom is -0.493 e. The van der Waals surface area contributed by atoms with Gasteiger partial charge < -0.3 is 14.8 Å². The summed E-state index contributed by atoms with van der Waals surface area (Å²) >= 11 is 0. The predicted octanol–water partition coefficient (Wildman–Crippen LogP) is 1.56. The Morgan fingerprint density at radius 3 is 2.67 bits per heavy atom. The van der Waals surface area contributed by atoms with Crippen LogP contribution >= 0.6 is 0 Å². The van der Waals surface area contributed by atoms with E-state index in [4.69, 9.17) is 9.47 Å². The van der Waals surface area contributed by atoms with Crippen molar-refractivity contribution < 1.29 is 13.7 Å². The summed E-state index contributed by atoms with van der Waals surface area (Å²) in [6.45, 7) is 1.57. The van der Waals surface area contributed by atoms with Crippen molar-refractivity contribution in [3.8, 4) is 11.5 Å². The molecule has 0 saturated heterocycles. The van der Waals surface area contributed by atoms with E-state index in [9.17, 15) is 4.21 Å². The van der Waals surface area contributed by atoms with Gasteiger partial charge in [-0.25, -0.2) is 0 Å². The molecule has 1 aromatic rings. The van der Waals surface area contributed by atoms with Gasteiger partial charge in [0.25, 0.3) is 0 Å². The summed E-state index contributed by atoms with van der Waals surface area (Å²) < 4.78 is 21.5. The Morgan fingerprint density at radius 2 is 2.06 bits per heavy atom. The fourth-order valence-electron chi connectivity index (χ4n) is 1.72.